The SMILES string of the molecule is CN(CCCNC(=O)C1CCCN(Cc2cccnc2)CCC(=O)NCC1)C1CCCCC1. The maximum atomic E-state index is 12.9. The Bertz CT molecular complexity index is 708. The summed E-state index contributed by atoms with van der Waals surface area (Å²) in [6, 6.07) is 4.73. The lowest BCUT2D eigenvalue weighted by molar-refractivity contribution is -0.126. The van der Waals surface area contributed by atoms with Gasteiger partial charge in [-0.25, -0.2) is 0 Å². The molecule has 7 nitrogen and oxygen atoms in total. The highest BCUT2D eigenvalue weighted by atomic mass is 16.2. The van der Waals surface area contributed by atoms with E-state index < -0.39 is 0 Å². The average molecular weight is 458 g/mol. The standard InChI is InChI=1S/C26H43N5O2/c1-30(24-10-3-2-4-11-24)17-7-15-29-26(33)23-9-6-18-31(19-13-25(32)28-16-12-23)21-22-8-5-14-27-20-22/h5,8,14,20,23-24H,2-4,6-7,9-13,15-19,21H2,1H3,(H,28,32)(H,29,33). The summed E-state index contributed by atoms with van der Waals surface area (Å²) >= 11 is 0. The molecule has 1 atom stereocenters. The van der Waals surface area contributed by atoms with Crippen LogP contribution in [0.4, 0.5) is 0 Å². The first-order valence-electron chi connectivity index (χ1n) is 13.0. The van der Waals surface area contributed by atoms with E-state index in [1.54, 1.807) is 6.20 Å². The molecular weight excluding hydrogens is 414 g/mol. The molecule has 3 rings (SSSR count). The first-order chi connectivity index (χ1) is 16.1. The zero-order valence-corrected chi connectivity index (χ0v) is 20.4. The topological polar surface area (TPSA) is 77.6 Å². The molecule has 1 aliphatic carbocycles. The fraction of sp³-hybridized carbons (Fsp3) is 0.731. The predicted octanol–water partition coefficient (Wildman–Crippen LogP) is 2.96. The molecule has 1 unspecified atom stereocenters. The van der Waals surface area contributed by atoms with Crippen LogP contribution < -0.4 is 10.6 Å². The molecule has 2 aliphatic rings. The highest BCUT2D eigenvalue weighted by Crippen LogP contribution is 2.21. The number of rotatable bonds is 8. The van der Waals surface area contributed by atoms with Crippen LogP contribution in [-0.4, -0.2) is 72.4 Å². The fourth-order valence-electron chi connectivity index (χ4n) is 5.11. The second-order valence-electron chi connectivity index (χ2n) is 9.78. The Kier molecular flexibility index (Phi) is 11.1. The molecule has 0 spiro atoms. The van der Waals surface area contributed by atoms with Gasteiger partial charge < -0.3 is 15.5 Å². The summed E-state index contributed by atoms with van der Waals surface area (Å²) in [5, 5.41) is 6.18. The minimum absolute atomic E-state index is 0.0419. The maximum Gasteiger partial charge on any atom is 0.223 e. The van der Waals surface area contributed by atoms with E-state index in [4.69, 9.17) is 0 Å². The molecule has 1 aromatic heterocycles. The van der Waals surface area contributed by atoms with Gasteiger partial charge in [0.05, 0.1) is 0 Å². The smallest absolute Gasteiger partial charge is 0.223 e. The van der Waals surface area contributed by atoms with E-state index in [1.165, 1.54) is 32.1 Å². The van der Waals surface area contributed by atoms with Gasteiger partial charge in [-0.05, 0) is 70.3 Å². The Morgan fingerprint density at radius 3 is 2.82 bits per heavy atom. The fourth-order valence-corrected chi connectivity index (χ4v) is 5.11. The van der Waals surface area contributed by atoms with Crippen molar-refractivity contribution in [3.05, 3.63) is 30.1 Å². The van der Waals surface area contributed by atoms with Crippen LogP contribution in [-0.2, 0) is 16.1 Å². The number of carbonyl (C=O) groups is 2. The van der Waals surface area contributed by atoms with Gasteiger partial charge in [-0.15, -0.1) is 0 Å². The summed E-state index contributed by atoms with van der Waals surface area (Å²) in [4.78, 5) is 34.1. The average Bonchev–Trinajstić information content (AvgIpc) is 2.88. The minimum atomic E-state index is -0.0419. The van der Waals surface area contributed by atoms with E-state index in [2.05, 4.69) is 38.5 Å². The molecule has 2 fully saturated rings. The number of nitrogens with zero attached hydrogens (tertiary/aromatic N) is 3. The highest BCUT2D eigenvalue weighted by molar-refractivity contribution is 5.79. The Morgan fingerprint density at radius 2 is 2.03 bits per heavy atom. The lowest BCUT2D eigenvalue weighted by Gasteiger charge is -2.31. The molecule has 0 bridgehead atoms. The van der Waals surface area contributed by atoms with E-state index in [0.717, 1.165) is 63.6 Å². The summed E-state index contributed by atoms with van der Waals surface area (Å²) < 4.78 is 0. The first-order valence-corrected chi connectivity index (χ1v) is 13.0. The van der Waals surface area contributed by atoms with E-state index in [9.17, 15) is 9.59 Å². The molecule has 1 aromatic rings. The van der Waals surface area contributed by atoms with E-state index in [0.29, 0.717) is 19.4 Å². The number of amides is 2. The lowest BCUT2D eigenvalue weighted by Crippen LogP contribution is -2.37. The largest absolute Gasteiger partial charge is 0.356 e. The van der Waals surface area contributed by atoms with Crippen LogP contribution in [0, 0.1) is 5.92 Å². The minimum Gasteiger partial charge on any atom is -0.356 e. The molecule has 2 heterocycles. The van der Waals surface area contributed by atoms with Crippen molar-refractivity contribution < 1.29 is 9.59 Å². The Balaban J connectivity index is 1.42. The third kappa shape index (κ3) is 9.41. The predicted molar refractivity (Wildman–Crippen MR) is 132 cm³/mol. The van der Waals surface area contributed by atoms with Crippen molar-refractivity contribution in [3.8, 4) is 0 Å². The summed E-state index contributed by atoms with van der Waals surface area (Å²) in [5.74, 6) is 0.167. The van der Waals surface area contributed by atoms with Gasteiger partial charge in [0.25, 0.3) is 0 Å². The van der Waals surface area contributed by atoms with E-state index >= 15 is 0 Å². The molecule has 1 saturated carbocycles. The van der Waals surface area contributed by atoms with Crippen molar-refractivity contribution in [1.82, 2.24) is 25.4 Å². The third-order valence-electron chi connectivity index (χ3n) is 7.18. The maximum absolute atomic E-state index is 12.9. The Morgan fingerprint density at radius 1 is 1.18 bits per heavy atom. The van der Waals surface area contributed by atoms with Crippen LogP contribution in [0.2, 0.25) is 0 Å². The molecule has 0 radical (unpaired) electrons. The zero-order chi connectivity index (χ0) is 23.3. The quantitative estimate of drug-likeness (QED) is 0.587. The van der Waals surface area contributed by atoms with Crippen molar-refractivity contribution >= 4 is 11.8 Å². The molecule has 33 heavy (non-hydrogen) atoms. The van der Waals surface area contributed by atoms with Crippen molar-refractivity contribution in [1.29, 1.82) is 0 Å². The summed E-state index contributed by atoms with van der Waals surface area (Å²) in [6.07, 6.45) is 14.4. The third-order valence-corrected chi connectivity index (χ3v) is 7.18. The van der Waals surface area contributed by atoms with Crippen LogP contribution in [0.25, 0.3) is 0 Å². The van der Waals surface area contributed by atoms with Crippen LogP contribution in [0.15, 0.2) is 24.5 Å². The molecule has 7 heteroatoms. The molecular formula is C26H43N5O2. The van der Waals surface area contributed by atoms with Crippen LogP contribution in [0.1, 0.15) is 69.8 Å². The second-order valence-corrected chi connectivity index (χ2v) is 9.78. The second kappa shape index (κ2) is 14.3. The highest BCUT2D eigenvalue weighted by Gasteiger charge is 2.21. The molecule has 2 N–H and O–H groups in total. The van der Waals surface area contributed by atoms with Crippen LogP contribution in [0.5, 0.6) is 0 Å². The van der Waals surface area contributed by atoms with Gasteiger partial charge in [-0.3, -0.25) is 19.5 Å². The van der Waals surface area contributed by atoms with Crippen LogP contribution in [0.3, 0.4) is 0 Å². The molecule has 1 saturated heterocycles. The zero-order valence-electron chi connectivity index (χ0n) is 20.4. The van der Waals surface area contributed by atoms with Gasteiger partial charge in [0.2, 0.25) is 11.8 Å². The van der Waals surface area contributed by atoms with Gasteiger partial charge >= 0.3 is 0 Å². The van der Waals surface area contributed by atoms with Crippen molar-refractivity contribution in [3.63, 3.8) is 0 Å². The van der Waals surface area contributed by atoms with Gasteiger partial charge in [0.1, 0.15) is 0 Å². The van der Waals surface area contributed by atoms with Crippen molar-refractivity contribution in [2.24, 2.45) is 5.92 Å². The van der Waals surface area contributed by atoms with Gasteiger partial charge in [-0.2, -0.15) is 0 Å². The number of pyridine rings is 1. The number of aromatic nitrogens is 1. The molecule has 2 amide bonds. The van der Waals surface area contributed by atoms with Gasteiger partial charge in [-0.1, -0.05) is 25.3 Å². The monoisotopic (exact) mass is 457 g/mol. The number of hydrogen-bond acceptors (Lipinski definition) is 5. The summed E-state index contributed by atoms with van der Waals surface area (Å²) in [5.41, 5.74) is 1.15. The number of hydrogen-bond donors (Lipinski definition) is 2. The lowest BCUT2D eigenvalue weighted by atomic mass is 9.94. The Hall–Kier alpha value is -1.99. The van der Waals surface area contributed by atoms with Crippen LogP contribution >= 0.6 is 0 Å². The molecule has 184 valence electrons. The first kappa shape index (κ1) is 25.6. The van der Waals surface area contributed by atoms with E-state index in [1.807, 2.05) is 12.3 Å². The Labute approximate surface area is 199 Å². The van der Waals surface area contributed by atoms with E-state index in [-0.39, 0.29) is 17.7 Å². The molecule has 1 aliphatic heterocycles. The summed E-state index contributed by atoms with van der Waals surface area (Å²) in [7, 11) is 2.22. The number of nitrogens with one attached hydrogen (secondary N) is 2. The molecule has 0 aromatic carbocycles. The van der Waals surface area contributed by atoms with Crippen molar-refractivity contribution in [2.45, 2.75) is 76.8 Å². The van der Waals surface area contributed by atoms with Gasteiger partial charge in [0.15, 0.2) is 0 Å². The number of carbonyl (C=O) groups excluding carboxylic acids is 2. The normalized spacial score (nSPS) is 21.9. The van der Waals surface area contributed by atoms with Crippen molar-refractivity contribution in [2.75, 3.05) is 39.8 Å². The van der Waals surface area contributed by atoms with Gasteiger partial charge in [0, 0.05) is 57.0 Å². The summed E-state index contributed by atoms with van der Waals surface area (Å²) in [6.45, 7) is 4.74.